The molecule has 1 amide bonds. The minimum Gasteiger partial charge on any atom is -0.392 e. The van der Waals surface area contributed by atoms with Gasteiger partial charge < -0.3 is 15.7 Å². The summed E-state index contributed by atoms with van der Waals surface area (Å²) in [4.78, 5) is 11.7. The second-order valence-corrected chi connectivity index (χ2v) is 4.33. The second kappa shape index (κ2) is 7.08. The van der Waals surface area contributed by atoms with E-state index in [0.29, 0.717) is 30.8 Å². The summed E-state index contributed by atoms with van der Waals surface area (Å²) in [7, 11) is 0. The maximum Gasteiger partial charge on any atom is 0.251 e. The fourth-order valence-electron chi connectivity index (χ4n) is 1.54. The molecule has 0 radical (unpaired) electrons. The van der Waals surface area contributed by atoms with Gasteiger partial charge in [-0.15, -0.1) is 0 Å². The first kappa shape index (κ1) is 14.6. The minimum atomic E-state index is -0.411. The third-order valence-electron chi connectivity index (χ3n) is 2.33. The van der Waals surface area contributed by atoms with Crippen LogP contribution < -0.4 is 10.6 Å². The smallest absolute Gasteiger partial charge is 0.251 e. The van der Waals surface area contributed by atoms with Gasteiger partial charge in [0.25, 0.3) is 5.91 Å². The Morgan fingerprint density at radius 3 is 2.72 bits per heavy atom. The minimum absolute atomic E-state index is 0.295. The molecule has 0 aliphatic heterocycles. The number of aryl methyl sites for hydroxylation is 1. The van der Waals surface area contributed by atoms with Gasteiger partial charge in [-0.3, -0.25) is 4.79 Å². The Bertz CT molecular complexity index is 388. The Labute approximate surface area is 106 Å². The van der Waals surface area contributed by atoms with Crippen LogP contribution in [0, 0.1) is 12.7 Å². The SMILES string of the molecule is Cc1cc(F)cc(C(=O)NCCNCC(C)O)c1. The molecular weight excluding hydrogens is 235 g/mol. The van der Waals surface area contributed by atoms with Crippen LogP contribution in [0.5, 0.6) is 0 Å². The number of benzene rings is 1. The average molecular weight is 254 g/mol. The van der Waals surface area contributed by atoms with Crippen molar-refractivity contribution in [3.8, 4) is 0 Å². The first-order valence-electron chi connectivity index (χ1n) is 5.93. The summed E-state index contributed by atoms with van der Waals surface area (Å²) in [6.45, 7) is 4.89. The van der Waals surface area contributed by atoms with Crippen molar-refractivity contribution >= 4 is 5.91 Å². The van der Waals surface area contributed by atoms with E-state index >= 15 is 0 Å². The summed E-state index contributed by atoms with van der Waals surface area (Å²) in [6, 6.07) is 4.23. The van der Waals surface area contributed by atoms with Crippen LogP contribution in [0.2, 0.25) is 0 Å². The molecule has 0 aliphatic carbocycles. The van der Waals surface area contributed by atoms with Crippen molar-refractivity contribution < 1.29 is 14.3 Å². The lowest BCUT2D eigenvalue weighted by atomic mass is 10.1. The number of halogens is 1. The van der Waals surface area contributed by atoms with E-state index in [1.54, 1.807) is 19.9 Å². The lowest BCUT2D eigenvalue weighted by molar-refractivity contribution is 0.0953. The molecule has 100 valence electrons. The molecule has 0 fully saturated rings. The van der Waals surface area contributed by atoms with Crippen LogP contribution in [0.4, 0.5) is 4.39 Å². The van der Waals surface area contributed by atoms with Crippen LogP contribution in [-0.2, 0) is 0 Å². The van der Waals surface area contributed by atoms with Crippen LogP contribution in [0.15, 0.2) is 18.2 Å². The van der Waals surface area contributed by atoms with Gasteiger partial charge in [-0.25, -0.2) is 4.39 Å². The molecule has 0 bridgehead atoms. The molecular formula is C13H19FN2O2. The molecule has 0 spiro atoms. The van der Waals surface area contributed by atoms with Crippen molar-refractivity contribution in [1.82, 2.24) is 10.6 Å². The molecule has 1 atom stereocenters. The zero-order valence-electron chi connectivity index (χ0n) is 10.7. The third kappa shape index (κ3) is 5.25. The Morgan fingerprint density at radius 2 is 2.11 bits per heavy atom. The number of hydrogen-bond donors (Lipinski definition) is 3. The molecule has 1 aromatic rings. The van der Waals surface area contributed by atoms with E-state index in [0.717, 1.165) is 0 Å². The van der Waals surface area contributed by atoms with Crippen LogP contribution in [0.3, 0.4) is 0 Å². The number of aliphatic hydroxyl groups is 1. The van der Waals surface area contributed by atoms with Gasteiger partial charge in [0.05, 0.1) is 6.10 Å². The molecule has 4 nitrogen and oxygen atoms in total. The molecule has 0 saturated carbocycles. The maximum absolute atomic E-state index is 13.1. The van der Waals surface area contributed by atoms with Gasteiger partial charge in [0.1, 0.15) is 5.82 Å². The molecule has 1 rings (SSSR count). The molecule has 0 heterocycles. The van der Waals surface area contributed by atoms with E-state index in [1.807, 2.05) is 0 Å². The van der Waals surface area contributed by atoms with E-state index < -0.39 is 11.9 Å². The standard InChI is InChI=1S/C13H19FN2O2/c1-9-5-11(7-12(14)6-9)13(18)16-4-3-15-8-10(2)17/h5-7,10,15,17H,3-4,8H2,1-2H3,(H,16,18). The average Bonchev–Trinajstić information content (AvgIpc) is 2.26. The van der Waals surface area contributed by atoms with E-state index in [2.05, 4.69) is 10.6 Å². The molecule has 0 saturated heterocycles. The monoisotopic (exact) mass is 254 g/mol. The van der Waals surface area contributed by atoms with Gasteiger partial charge in [0, 0.05) is 25.2 Å². The molecule has 0 aromatic heterocycles. The predicted octanol–water partition coefficient (Wildman–Crippen LogP) is 0.834. The highest BCUT2D eigenvalue weighted by atomic mass is 19.1. The normalized spacial score (nSPS) is 12.2. The number of carbonyl (C=O) groups excluding carboxylic acids is 1. The Morgan fingerprint density at radius 1 is 1.39 bits per heavy atom. The summed E-state index contributed by atoms with van der Waals surface area (Å²) < 4.78 is 13.1. The lowest BCUT2D eigenvalue weighted by Gasteiger charge is -2.08. The zero-order valence-corrected chi connectivity index (χ0v) is 10.7. The summed E-state index contributed by atoms with van der Waals surface area (Å²) in [5, 5.41) is 14.7. The van der Waals surface area contributed by atoms with Crippen molar-refractivity contribution in [3.63, 3.8) is 0 Å². The number of hydrogen-bond acceptors (Lipinski definition) is 3. The van der Waals surface area contributed by atoms with Gasteiger partial charge in [0.15, 0.2) is 0 Å². The number of aliphatic hydroxyl groups excluding tert-OH is 1. The highest BCUT2D eigenvalue weighted by Crippen LogP contribution is 2.07. The fourth-order valence-corrected chi connectivity index (χ4v) is 1.54. The van der Waals surface area contributed by atoms with Crippen molar-refractivity contribution in [3.05, 3.63) is 35.1 Å². The van der Waals surface area contributed by atoms with E-state index in [1.165, 1.54) is 12.1 Å². The van der Waals surface area contributed by atoms with Crippen LogP contribution >= 0.6 is 0 Å². The van der Waals surface area contributed by atoms with E-state index in [9.17, 15) is 9.18 Å². The number of carbonyl (C=O) groups is 1. The van der Waals surface area contributed by atoms with Crippen LogP contribution in [0.25, 0.3) is 0 Å². The van der Waals surface area contributed by atoms with E-state index in [4.69, 9.17) is 5.11 Å². The van der Waals surface area contributed by atoms with Gasteiger partial charge in [-0.1, -0.05) is 0 Å². The van der Waals surface area contributed by atoms with Gasteiger partial charge in [-0.2, -0.15) is 0 Å². The summed E-state index contributed by atoms with van der Waals surface area (Å²) in [5.74, 6) is -0.705. The Kier molecular flexibility index (Phi) is 5.74. The highest BCUT2D eigenvalue weighted by Gasteiger charge is 2.06. The topological polar surface area (TPSA) is 61.4 Å². The Balaban J connectivity index is 2.36. The number of rotatable bonds is 6. The van der Waals surface area contributed by atoms with Crippen molar-refractivity contribution in [2.24, 2.45) is 0 Å². The van der Waals surface area contributed by atoms with Gasteiger partial charge >= 0.3 is 0 Å². The zero-order chi connectivity index (χ0) is 13.5. The van der Waals surface area contributed by atoms with Gasteiger partial charge in [-0.05, 0) is 37.6 Å². The fraction of sp³-hybridized carbons (Fsp3) is 0.462. The van der Waals surface area contributed by atoms with Crippen molar-refractivity contribution in [1.29, 1.82) is 0 Å². The number of amides is 1. The van der Waals surface area contributed by atoms with Crippen LogP contribution in [-0.4, -0.2) is 36.8 Å². The quantitative estimate of drug-likeness (QED) is 0.659. The first-order valence-corrected chi connectivity index (χ1v) is 5.93. The van der Waals surface area contributed by atoms with Gasteiger partial charge in [0.2, 0.25) is 0 Å². The highest BCUT2D eigenvalue weighted by molar-refractivity contribution is 5.94. The number of nitrogens with one attached hydrogen (secondary N) is 2. The molecule has 3 N–H and O–H groups in total. The maximum atomic E-state index is 13.1. The molecule has 1 aromatic carbocycles. The summed E-state index contributed by atoms with van der Waals surface area (Å²) >= 11 is 0. The molecule has 5 heteroatoms. The van der Waals surface area contributed by atoms with Crippen LogP contribution in [0.1, 0.15) is 22.8 Å². The summed E-state index contributed by atoms with van der Waals surface area (Å²) in [5.41, 5.74) is 1.04. The Hall–Kier alpha value is -1.46. The molecule has 0 aliphatic rings. The van der Waals surface area contributed by atoms with Crippen molar-refractivity contribution in [2.75, 3.05) is 19.6 Å². The molecule has 18 heavy (non-hydrogen) atoms. The first-order chi connectivity index (χ1) is 8.49. The van der Waals surface area contributed by atoms with E-state index in [-0.39, 0.29) is 5.91 Å². The predicted molar refractivity (Wildman–Crippen MR) is 68.0 cm³/mol. The molecule has 1 unspecified atom stereocenters. The lowest BCUT2D eigenvalue weighted by Crippen LogP contribution is -2.34. The third-order valence-corrected chi connectivity index (χ3v) is 2.33. The second-order valence-electron chi connectivity index (χ2n) is 4.33. The van der Waals surface area contributed by atoms with Crippen molar-refractivity contribution in [2.45, 2.75) is 20.0 Å². The largest absolute Gasteiger partial charge is 0.392 e. The summed E-state index contributed by atoms with van der Waals surface area (Å²) in [6.07, 6.45) is -0.411.